The van der Waals surface area contributed by atoms with E-state index in [9.17, 15) is 19.8 Å². The number of rotatable bonds is 6. The molecule has 0 aromatic carbocycles. The molecule has 6 rings (SSSR count). The molecule has 7 nitrogen and oxygen atoms in total. The van der Waals surface area contributed by atoms with Crippen molar-refractivity contribution in [3.05, 3.63) is 0 Å². The Bertz CT molecular complexity index is 1050. The molecule has 0 aromatic heterocycles. The third-order valence-corrected chi connectivity index (χ3v) is 14.0. The first-order chi connectivity index (χ1) is 18.6. The zero-order valence-corrected chi connectivity index (χ0v) is 25.7. The summed E-state index contributed by atoms with van der Waals surface area (Å²) >= 11 is 0. The second-order valence-corrected chi connectivity index (χ2v) is 16.0. The van der Waals surface area contributed by atoms with E-state index in [1.807, 2.05) is 0 Å². The van der Waals surface area contributed by atoms with E-state index in [0.717, 1.165) is 32.1 Å². The summed E-state index contributed by atoms with van der Waals surface area (Å²) in [6.07, 6.45) is 9.31. The van der Waals surface area contributed by atoms with Gasteiger partial charge in [0.1, 0.15) is 6.61 Å². The lowest BCUT2D eigenvalue weighted by Crippen LogP contribution is -2.55. The smallest absolute Gasteiger partial charge is 0.329 e. The highest BCUT2D eigenvalue weighted by atomic mass is 16.6. The molecule has 1 saturated heterocycles. The summed E-state index contributed by atoms with van der Waals surface area (Å²) in [5, 5.41) is 20.1. The summed E-state index contributed by atoms with van der Waals surface area (Å²) in [4.78, 5) is 23.2. The predicted octanol–water partition coefficient (Wildman–Crippen LogP) is 5.61. The van der Waals surface area contributed by atoms with E-state index in [2.05, 4.69) is 27.7 Å². The van der Waals surface area contributed by atoms with Crippen LogP contribution in [-0.2, 0) is 23.8 Å². The Kier molecular flexibility index (Phi) is 6.62. The molecule has 5 unspecified atom stereocenters. The monoisotopic (exact) mass is 560 g/mol. The molecule has 0 amide bonds. The van der Waals surface area contributed by atoms with Gasteiger partial charge in [-0.05, 0) is 123 Å². The standard InChI is InChI=1S/C33H52O7/c1-18-32-15-14-31(7)21-8-10-23(28(30(5,6)37)39-19(2)34)40-24(21)16-22(31)20(32)9-11-25-29(3,4)26(38-17-27(35)36)12-13-33(18,25)32/h18,20-26,28,37H,8-17H2,1-7H3,(H,35,36)/t18-,20-,21?,22?,23?,24?,25?,26-,28-,31+,32-,33+/m0/s1. The van der Waals surface area contributed by atoms with E-state index in [-0.39, 0.29) is 41.7 Å². The number of hydrogen-bond acceptors (Lipinski definition) is 6. The summed E-state index contributed by atoms with van der Waals surface area (Å²) in [6.45, 7) is 14.4. The fourth-order valence-corrected chi connectivity index (χ4v) is 12.6. The van der Waals surface area contributed by atoms with E-state index in [1.54, 1.807) is 13.8 Å². The molecule has 2 N–H and O–H groups in total. The van der Waals surface area contributed by atoms with Crippen LogP contribution in [0.1, 0.15) is 106 Å². The number of carboxylic acids is 1. The topological polar surface area (TPSA) is 102 Å². The highest BCUT2D eigenvalue weighted by Crippen LogP contribution is 2.89. The molecule has 226 valence electrons. The van der Waals surface area contributed by atoms with Crippen molar-refractivity contribution >= 4 is 11.9 Å². The molecule has 7 heteroatoms. The van der Waals surface area contributed by atoms with Crippen LogP contribution in [-0.4, -0.2) is 58.8 Å². The molecular weight excluding hydrogens is 508 g/mol. The molecule has 5 saturated carbocycles. The molecule has 5 aliphatic carbocycles. The van der Waals surface area contributed by atoms with Crippen LogP contribution in [0.15, 0.2) is 0 Å². The van der Waals surface area contributed by atoms with Crippen molar-refractivity contribution in [3.63, 3.8) is 0 Å². The van der Waals surface area contributed by atoms with Gasteiger partial charge in [0.2, 0.25) is 0 Å². The quantitative estimate of drug-likeness (QED) is 0.407. The van der Waals surface area contributed by atoms with E-state index < -0.39 is 17.7 Å². The van der Waals surface area contributed by atoms with Gasteiger partial charge in [-0.15, -0.1) is 0 Å². The Morgan fingerprint density at radius 2 is 1.68 bits per heavy atom. The average molecular weight is 561 g/mol. The zero-order valence-electron chi connectivity index (χ0n) is 25.7. The van der Waals surface area contributed by atoms with E-state index in [4.69, 9.17) is 14.2 Å². The van der Waals surface area contributed by atoms with E-state index >= 15 is 0 Å². The third-order valence-electron chi connectivity index (χ3n) is 14.0. The Morgan fingerprint density at radius 3 is 2.33 bits per heavy atom. The highest BCUT2D eigenvalue weighted by Gasteiger charge is 2.84. The van der Waals surface area contributed by atoms with Gasteiger partial charge in [0, 0.05) is 6.92 Å². The maximum absolute atomic E-state index is 11.9. The Labute approximate surface area is 240 Å². The van der Waals surface area contributed by atoms with E-state index in [1.165, 1.54) is 32.6 Å². The summed E-state index contributed by atoms with van der Waals surface area (Å²) in [5.41, 5.74) is -0.181. The number of fused-ring (bicyclic) bond motifs is 4. The van der Waals surface area contributed by atoms with Crippen LogP contribution in [0.4, 0.5) is 0 Å². The van der Waals surface area contributed by atoms with Crippen molar-refractivity contribution in [2.75, 3.05) is 6.61 Å². The molecule has 40 heavy (non-hydrogen) atoms. The molecule has 6 fully saturated rings. The number of carbonyl (C=O) groups is 2. The molecule has 1 aliphatic heterocycles. The minimum atomic E-state index is -1.16. The van der Waals surface area contributed by atoms with Gasteiger partial charge in [-0.25, -0.2) is 4.79 Å². The Hall–Kier alpha value is -1.18. The number of hydrogen-bond donors (Lipinski definition) is 2. The first kappa shape index (κ1) is 28.9. The molecule has 0 bridgehead atoms. The predicted molar refractivity (Wildman–Crippen MR) is 149 cm³/mol. The fraction of sp³-hybridized carbons (Fsp3) is 0.939. The maximum Gasteiger partial charge on any atom is 0.329 e. The summed E-state index contributed by atoms with van der Waals surface area (Å²) in [7, 11) is 0. The number of ether oxygens (including phenoxy) is 3. The molecule has 0 aromatic rings. The lowest BCUT2D eigenvalue weighted by molar-refractivity contribution is -0.200. The molecule has 12 atom stereocenters. The van der Waals surface area contributed by atoms with Gasteiger partial charge >= 0.3 is 11.9 Å². The van der Waals surface area contributed by atoms with Gasteiger partial charge in [0.25, 0.3) is 0 Å². The van der Waals surface area contributed by atoms with E-state index in [0.29, 0.717) is 40.4 Å². The lowest BCUT2D eigenvalue weighted by Gasteiger charge is -2.59. The molecule has 0 radical (unpaired) electrons. The second kappa shape index (κ2) is 9.16. The van der Waals surface area contributed by atoms with Gasteiger partial charge < -0.3 is 24.4 Å². The first-order valence-corrected chi connectivity index (χ1v) is 16.0. The van der Waals surface area contributed by atoms with Crippen LogP contribution in [0.25, 0.3) is 0 Å². The van der Waals surface area contributed by atoms with Crippen LogP contribution in [0.5, 0.6) is 0 Å². The van der Waals surface area contributed by atoms with Crippen LogP contribution in [0.3, 0.4) is 0 Å². The number of carbonyl (C=O) groups excluding carboxylic acids is 1. The SMILES string of the molecule is CC(=O)O[C@@H](C1CCC2C(CC3[C@@H]4CCC5C(C)(C)[C@@H](OCC(=O)O)CC[C@@]56[C@@H](C)[C@@]46CC[C@]23C)O1)C(C)(C)O. The van der Waals surface area contributed by atoms with Crippen LogP contribution in [0.2, 0.25) is 0 Å². The summed E-state index contributed by atoms with van der Waals surface area (Å²) in [6, 6.07) is 0. The van der Waals surface area contributed by atoms with Crippen LogP contribution in [0, 0.1) is 51.2 Å². The Morgan fingerprint density at radius 1 is 0.975 bits per heavy atom. The summed E-state index contributed by atoms with van der Waals surface area (Å²) in [5.74, 6) is 1.88. The number of aliphatic hydroxyl groups is 1. The van der Waals surface area contributed by atoms with Gasteiger partial charge in [-0.1, -0.05) is 27.7 Å². The summed E-state index contributed by atoms with van der Waals surface area (Å²) < 4.78 is 18.4. The van der Waals surface area contributed by atoms with Crippen LogP contribution >= 0.6 is 0 Å². The van der Waals surface area contributed by atoms with Crippen molar-refractivity contribution in [1.29, 1.82) is 0 Å². The number of aliphatic carboxylic acids is 1. The first-order valence-electron chi connectivity index (χ1n) is 16.0. The fourth-order valence-electron chi connectivity index (χ4n) is 12.6. The second-order valence-electron chi connectivity index (χ2n) is 16.0. The maximum atomic E-state index is 11.9. The Balaban J connectivity index is 1.24. The molecule has 2 spiro atoms. The van der Waals surface area contributed by atoms with Crippen molar-refractivity contribution in [2.24, 2.45) is 51.2 Å². The number of carboxylic acid groups (broad SMARTS) is 1. The van der Waals surface area contributed by atoms with Crippen molar-refractivity contribution < 1.29 is 34.0 Å². The van der Waals surface area contributed by atoms with Crippen molar-refractivity contribution in [3.8, 4) is 0 Å². The third kappa shape index (κ3) is 3.78. The van der Waals surface area contributed by atoms with Crippen LogP contribution < -0.4 is 0 Å². The molecule has 1 heterocycles. The van der Waals surface area contributed by atoms with Gasteiger partial charge in [0.15, 0.2) is 6.10 Å². The van der Waals surface area contributed by atoms with Gasteiger partial charge in [0.05, 0.1) is 23.9 Å². The molecule has 6 aliphatic rings. The normalized spacial score (nSPS) is 49.4. The lowest BCUT2D eigenvalue weighted by atomic mass is 9.46. The highest BCUT2D eigenvalue weighted by molar-refractivity contribution is 5.68. The van der Waals surface area contributed by atoms with Gasteiger partial charge in [-0.2, -0.15) is 0 Å². The van der Waals surface area contributed by atoms with Gasteiger partial charge in [-0.3, -0.25) is 4.79 Å². The largest absolute Gasteiger partial charge is 0.480 e. The average Bonchev–Trinajstić information content (AvgIpc) is 3.23. The molecular formula is C33H52O7. The zero-order chi connectivity index (χ0) is 29.0. The minimum Gasteiger partial charge on any atom is -0.480 e. The van der Waals surface area contributed by atoms with Crippen molar-refractivity contribution in [2.45, 2.75) is 136 Å². The number of esters is 1. The minimum absolute atomic E-state index is 0.00936. The van der Waals surface area contributed by atoms with Crippen molar-refractivity contribution in [1.82, 2.24) is 0 Å².